The van der Waals surface area contributed by atoms with Gasteiger partial charge in [-0.3, -0.25) is 9.78 Å². The van der Waals surface area contributed by atoms with Crippen molar-refractivity contribution in [1.82, 2.24) is 20.5 Å². The van der Waals surface area contributed by atoms with Gasteiger partial charge in [-0.05, 0) is 35.9 Å². The van der Waals surface area contributed by atoms with Crippen molar-refractivity contribution in [3.8, 4) is 11.5 Å². The third-order valence-corrected chi connectivity index (χ3v) is 3.74. The molecule has 0 aliphatic rings. The molecule has 0 saturated heterocycles. The van der Waals surface area contributed by atoms with Crippen molar-refractivity contribution in [1.29, 1.82) is 0 Å². The molecule has 1 aromatic carbocycles. The Kier molecular flexibility index (Phi) is 5.78. The molecule has 8 heteroatoms. The molecule has 0 unspecified atom stereocenters. The Labute approximate surface area is 156 Å². The second-order valence-electron chi connectivity index (χ2n) is 5.54. The molecule has 0 bridgehead atoms. The lowest BCUT2D eigenvalue weighted by atomic mass is 10.2. The van der Waals surface area contributed by atoms with Crippen LogP contribution in [0, 0.1) is 0 Å². The molecular formula is C19H19N5O3. The molecule has 0 aliphatic heterocycles. The number of amides is 1. The molecule has 1 amide bonds. The lowest BCUT2D eigenvalue weighted by Gasteiger charge is -2.11. The number of hydrogen-bond acceptors (Lipinski definition) is 7. The van der Waals surface area contributed by atoms with Crippen molar-refractivity contribution in [2.45, 2.75) is 6.54 Å². The highest BCUT2D eigenvalue weighted by molar-refractivity contribution is 5.92. The molecule has 3 aromatic rings. The molecular weight excluding hydrogens is 346 g/mol. The Morgan fingerprint density at radius 1 is 1.07 bits per heavy atom. The van der Waals surface area contributed by atoms with E-state index in [9.17, 15) is 4.79 Å². The van der Waals surface area contributed by atoms with Crippen LogP contribution in [0.25, 0.3) is 0 Å². The first-order valence-electron chi connectivity index (χ1n) is 8.19. The van der Waals surface area contributed by atoms with Gasteiger partial charge in [0.25, 0.3) is 5.91 Å². The maximum atomic E-state index is 12.2. The topological polar surface area (TPSA) is 98.3 Å². The zero-order chi connectivity index (χ0) is 19.1. The predicted molar refractivity (Wildman–Crippen MR) is 100 cm³/mol. The maximum absolute atomic E-state index is 12.2. The summed E-state index contributed by atoms with van der Waals surface area (Å²) in [5, 5.41) is 13.9. The quantitative estimate of drug-likeness (QED) is 0.664. The average molecular weight is 365 g/mol. The summed E-state index contributed by atoms with van der Waals surface area (Å²) in [6, 6.07) is 12.4. The summed E-state index contributed by atoms with van der Waals surface area (Å²) in [5.41, 5.74) is 1.84. The molecule has 2 N–H and O–H groups in total. The minimum atomic E-state index is -0.306. The Balaban J connectivity index is 1.64. The third kappa shape index (κ3) is 4.69. The summed E-state index contributed by atoms with van der Waals surface area (Å²) >= 11 is 0. The number of anilines is 2. The molecule has 0 radical (unpaired) electrons. The van der Waals surface area contributed by atoms with Crippen molar-refractivity contribution in [2.24, 2.45) is 0 Å². The molecule has 3 rings (SSSR count). The highest BCUT2D eigenvalue weighted by atomic mass is 16.5. The van der Waals surface area contributed by atoms with E-state index < -0.39 is 0 Å². The minimum Gasteiger partial charge on any atom is -0.497 e. The zero-order valence-electron chi connectivity index (χ0n) is 15.0. The summed E-state index contributed by atoms with van der Waals surface area (Å²) in [7, 11) is 3.16. The number of hydrogen-bond donors (Lipinski definition) is 2. The van der Waals surface area contributed by atoms with Gasteiger partial charge in [-0.2, -0.15) is 0 Å². The summed E-state index contributed by atoms with van der Waals surface area (Å²) < 4.78 is 10.5. The van der Waals surface area contributed by atoms with Crippen LogP contribution in [-0.2, 0) is 6.54 Å². The van der Waals surface area contributed by atoms with Crippen LogP contribution < -0.4 is 20.1 Å². The van der Waals surface area contributed by atoms with E-state index in [1.165, 1.54) is 0 Å². The van der Waals surface area contributed by atoms with E-state index in [-0.39, 0.29) is 11.6 Å². The van der Waals surface area contributed by atoms with Crippen molar-refractivity contribution >= 4 is 17.4 Å². The number of nitrogens with one attached hydrogen (secondary N) is 2. The number of ether oxygens (including phenoxy) is 2. The second-order valence-corrected chi connectivity index (χ2v) is 5.54. The first kappa shape index (κ1) is 18.1. The monoisotopic (exact) mass is 365 g/mol. The smallest absolute Gasteiger partial charge is 0.272 e. The number of benzene rings is 1. The van der Waals surface area contributed by atoms with Crippen molar-refractivity contribution in [2.75, 3.05) is 19.5 Å². The van der Waals surface area contributed by atoms with Crippen molar-refractivity contribution < 1.29 is 14.3 Å². The number of nitrogens with zero attached hydrogens (tertiary/aromatic N) is 3. The van der Waals surface area contributed by atoms with Crippen LogP contribution in [-0.4, -0.2) is 35.3 Å². The fourth-order valence-electron chi connectivity index (χ4n) is 2.34. The normalized spacial score (nSPS) is 10.1. The van der Waals surface area contributed by atoms with Crippen LogP contribution in [0.3, 0.4) is 0 Å². The van der Waals surface area contributed by atoms with Crippen molar-refractivity contribution in [3.05, 3.63) is 66.1 Å². The van der Waals surface area contributed by atoms with Crippen LogP contribution >= 0.6 is 0 Å². The number of carbonyl (C=O) groups excluding carboxylic acids is 1. The number of pyridine rings is 1. The van der Waals surface area contributed by atoms with E-state index in [0.717, 1.165) is 5.56 Å². The van der Waals surface area contributed by atoms with E-state index in [4.69, 9.17) is 9.47 Å². The molecule has 0 fully saturated rings. The molecule has 2 heterocycles. The maximum Gasteiger partial charge on any atom is 0.272 e. The number of methoxy groups -OCH3 is 2. The summed E-state index contributed by atoms with van der Waals surface area (Å²) in [4.78, 5) is 16.2. The molecule has 0 atom stereocenters. The van der Waals surface area contributed by atoms with Crippen LogP contribution in [0.15, 0.2) is 54.9 Å². The Bertz CT molecular complexity index is 901. The second kappa shape index (κ2) is 8.61. The number of carbonyl (C=O) groups is 1. The van der Waals surface area contributed by atoms with E-state index >= 15 is 0 Å². The first-order chi connectivity index (χ1) is 13.2. The fraction of sp³-hybridized carbons (Fsp3) is 0.158. The van der Waals surface area contributed by atoms with Gasteiger partial charge in [-0.1, -0.05) is 6.07 Å². The van der Waals surface area contributed by atoms with Crippen LogP contribution in [0.1, 0.15) is 16.1 Å². The highest BCUT2D eigenvalue weighted by Crippen LogP contribution is 2.30. The molecule has 0 saturated carbocycles. The fourth-order valence-corrected chi connectivity index (χ4v) is 2.34. The predicted octanol–water partition coefficient (Wildman–Crippen LogP) is 2.56. The van der Waals surface area contributed by atoms with Gasteiger partial charge in [-0.15, -0.1) is 10.2 Å². The molecule has 138 valence electrons. The molecule has 27 heavy (non-hydrogen) atoms. The van der Waals surface area contributed by atoms with Gasteiger partial charge in [0, 0.05) is 25.0 Å². The van der Waals surface area contributed by atoms with Gasteiger partial charge in [0.15, 0.2) is 11.5 Å². The average Bonchev–Trinajstić information content (AvgIpc) is 2.73. The zero-order valence-corrected chi connectivity index (χ0v) is 15.0. The van der Waals surface area contributed by atoms with Gasteiger partial charge >= 0.3 is 0 Å². The van der Waals surface area contributed by atoms with Crippen LogP contribution in [0.2, 0.25) is 0 Å². The SMILES string of the molecule is COc1ccc(Nc2ccc(C(=O)NCc3cccnc3)nn2)c(OC)c1. The van der Waals surface area contributed by atoms with Crippen LogP contribution in [0.5, 0.6) is 11.5 Å². The third-order valence-electron chi connectivity index (χ3n) is 3.74. The Morgan fingerprint density at radius 2 is 1.96 bits per heavy atom. The van der Waals surface area contributed by atoms with Gasteiger partial charge < -0.3 is 20.1 Å². The van der Waals surface area contributed by atoms with E-state index in [0.29, 0.717) is 29.5 Å². The molecule has 0 aliphatic carbocycles. The highest BCUT2D eigenvalue weighted by Gasteiger charge is 2.10. The first-order valence-corrected chi connectivity index (χ1v) is 8.19. The van der Waals surface area contributed by atoms with Gasteiger partial charge in [-0.25, -0.2) is 0 Å². The summed E-state index contributed by atoms with van der Waals surface area (Å²) in [6.45, 7) is 0.372. The van der Waals surface area contributed by atoms with Crippen molar-refractivity contribution in [3.63, 3.8) is 0 Å². The van der Waals surface area contributed by atoms with E-state index in [2.05, 4.69) is 25.8 Å². The molecule has 8 nitrogen and oxygen atoms in total. The molecule has 0 spiro atoms. The van der Waals surface area contributed by atoms with E-state index in [1.54, 1.807) is 50.9 Å². The standard InChI is InChI=1S/C19H19N5O3/c1-26-14-5-6-15(17(10-14)27-2)22-18-8-7-16(23-24-18)19(25)21-12-13-4-3-9-20-11-13/h3-11H,12H2,1-2H3,(H,21,25)(H,22,24). The largest absolute Gasteiger partial charge is 0.497 e. The number of aromatic nitrogens is 3. The Morgan fingerprint density at radius 3 is 2.63 bits per heavy atom. The summed E-state index contributed by atoms with van der Waals surface area (Å²) in [5.74, 6) is 1.47. The van der Waals surface area contributed by atoms with Gasteiger partial charge in [0.05, 0.1) is 19.9 Å². The van der Waals surface area contributed by atoms with Gasteiger partial charge in [0.1, 0.15) is 11.5 Å². The summed E-state index contributed by atoms with van der Waals surface area (Å²) in [6.07, 6.45) is 3.38. The number of rotatable bonds is 7. The Hall–Kier alpha value is -3.68. The van der Waals surface area contributed by atoms with E-state index in [1.807, 2.05) is 18.2 Å². The lowest BCUT2D eigenvalue weighted by Crippen LogP contribution is -2.24. The lowest BCUT2D eigenvalue weighted by molar-refractivity contribution is 0.0945. The van der Waals surface area contributed by atoms with Crippen LogP contribution in [0.4, 0.5) is 11.5 Å². The minimum absolute atomic E-state index is 0.228. The van der Waals surface area contributed by atoms with Gasteiger partial charge in [0.2, 0.25) is 0 Å². The molecule has 2 aromatic heterocycles.